The summed E-state index contributed by atoms with van der Waals surface area (Å²) < 4.78 is 79.5. The van der Waals surface area contributed by atoms with E-state index < -0.39 is 41.2 Å². The van der Waals surface area contributed by atoms with Crippen LogP contribution in [-0.4, -0.2) is 11.0 Å². The number of halogens is 8. The number of hydrogen-bond donors (Lipinski definition) is 2. The topological polar surface area (TPSA) is 54.0 Å². The van der Waals surface area contributed by atoms with Crippen LogP contribution in [0.3, 0.4) is 0 Å². The number of benzene rings is 2. The number of nitrogens with one attached hydrogen (secondary N) is 2. The van der Waals surface area contributed by atoms with Crippen molar-refractivity contribution in [2.45, 2.75) is 24.9 Å². The van der Waals surface area contributed by atoms with E-state index in [1.807, 2.05) is 0 Å². The lowest BCUT2D eigenvalue weighted by Crippen LogP contribution is -2.39. The van der Waals surface area contributed by atoms with Crippen molar-refractivity contribution in [1.29, 1.82) is 0 Å². The lowest BCUT2D eigenvalue weighted by molar-refractivity contribution is -0.139. The van der Waals surface area contributed by atoms with Crippen LogP contribution in [0.5, 0.6) is 0 Å². The molecular formula is C22H15Cl2F6N3O. The molecule has 34 heavy (non-hydrogen) atoms. The molecule has 2 aromatic carbocycles. The van der Waals surface area contributed by atoms with Crippen molar-refractivity contribution in [2.24, 2.45) is 0 Å². The summed E-state index contributed by atoms with van der Waals surface area (Å²) in [5, 5.41) is 5.37. The lowest BCUT2D eigenvalue weighted by atomic mass is 9.98. The number of carbonyl (C=O) groups excluding carboxylic acids is 1. The average Bonchev–Trinajstić information content (AvgIpc) is 2.77. The molecule has 1 heterocycles. The van der Waals surface area contributed by atoms with Gasteiger partial charge < -0.3 is 10.6 Å². The molecular weight excluding hydrogens is 507 g/mol. The van der Waals surface area contributed by atoms with Crippen LogP contribution in [0.4, 0.5) is 31.1 Å². The van der Waals surface area contributed by atoms with Crippen LogP contribution in [0, 0.1) is 0 Å². The van der Waals surface area contributed by atoms with E-state index >= 15 is 0 Å². The molecule has 0 fully saturated rings. The van der Waals surface area contributed by atoms with Gasteiger partial charge in [0.05, 0.1) is 32.9 Å². The average molecular weight is 522 g/mol. The van der Waals surface area contributed by atoms with Gasteiger partial charge in [-0.2, -0.15) is 26.3 Å². The molecule has 4 nitrogen and oxygen atoms in total. The molecule has 3 aromatic rings. The van der Waals surface area contributed by atoms with E-state index in [1.54, 1.807) is 6.07 Å². The fourth-order valence-electron chi connectivity index (χ4n) is 3.08. The minimum absolute atomic E-state index is 0.0260. The molecule has 0 bridgehead atoms. The summed E-state index contributed by atoms with van der Waals surface area (Å²) in [6.45, 7) is -0.0448. The van der Waals surface area contributed by atoms with E-state index in [1.165, 1.54) is 12.1 Å². The Morgan fingerprint density at radius 1 is 0.912 bits per heavy atom. The van der Waals surface area contributed by atoms with Gasteiger partial charge in [-0.3, -0.25) is 4.98 Å². The highest BCUT2D eigenvalue weighted by molar-refractivity contribution is 6.42. The van der Waals surface area contributed by atoms with Crippen molar-refractivity contribution < 1.29 is 31.1 Å². The van der Waals surface area contributed by atoms with E-state index in [9.17, 15) is 31.1 Å². The van der Waals surface area contributed by atoms with Gasteiger partial charge in [0, 0.05) is 12.7 Å². The summed E-state index contributed by atoms with van der Waals surface area (Å²) in [5.41, 5.74) is -2.16. The Morgan fingerprint density at radius 3 is 2.18 bits per heavy atom. The molecule has 0 radical (unpaired) electrons. The van der Waals surface area contributed by atoms with Crippen LogP contribution in [0.1, 0.15) is 34.0 Å². The zero-order valence-corrected chi connectivity index (χ0v) is 18.4. The molecule has 1 aromatic heterocycles. The van der Waals surface area contributed by atoms with Crippen molar-refractivity contribution in [2.75, 3.05) is 0 Å². The van der Waals surface area contributed by atoms with Crippen LogP contribution >= 0.6 is 23.2 Å². The second-order valence-electron chi connectivity index (χ2n) is 7.06. The summed E-state index contributed by atoms with van der Waals surface area (Å²) in [6.07, 6.45) is -8.36. The second kappa shape index (κ2) is 10.1. The molecule has 2 amide bonds. The van der Waals surface area contributed by atoms with Gasteiger partial charge >= 0.3 is 18.4 Å². The Bertz CT molecular complexity index is 1170. The number of urea groups is 1. The van der Waals surface area contributed by atoms with Gasteiger partial charge in [0.15, 0.2) is 0 Å². The Morgan fingerprint density at radius 2 is 1.59 bits per heavy atom. The molecule has 180 valence electrons. The monoisotopic (exact) mass is 521 g/mol. The van der Waals surface area contributed by atoms with E-state index in [4.69, 9.17) is 23.2 Å². The van der Waals surface area contributed by atoms with Crippen molar-refractivity contribution in [1.82, 2.24) is 15.6 Å². The van der Waals surface area contributed by atoms with Gasteiger partial charge in [-0.15, -0.1) is 0 Å². The highest BCUT2D eigenvalue weighted by Crippen LogP contribution is 2.36. The van der Waals surface area contributed by atoms with Crippen molar-refractivity contribution in [3.8, 4) is 0 Å². The highest BCUT2D eigenvalue weighted by Gasteiger charge is 2.37. The van der Waals surface area contributed by atoms with Crippen molar-refractivity contribution >= 4 is 29.2 Å². The van der Waals surface area contributed by atoms with Gasteiger partial charge in [0.2, 0.25) is 0 Å². The second-order valence-corrected chi connectivity index (χ2v) is 7.88. The van der Waals surface area contributed by atoms with E-state index in [0.717, 1.165) is 30.5 Å². The number of hydrogen-bond acceptors (Lipinski definition) is 2. The SMILES string of the molecule is O=C(NCc1ccc(Cl)c(Cl)c1)N[C@@H](c1ccc(C(F)(F)F)cc1)c1ncccc1C(F)(F)F. The summed E-state index contributed by atoms with van der Waals surface area (Å²) in [5.74, 6) is 0. The highest BCUT2D eigenvalue weighted by atomic mass is 35.5. The normalized spacial score (nSPS) is 12.8. The van der Waals surface area contributed by atoms with Crippen LogP contribution in [0.2, 0.25) is 10.0 Å². The van der Waals surface area contributed by atoms with E-state index in [2.05, 4.69) is 15.6 Å². The maximum absolute atomic E-state index is 13.6. The molecule has 0 aliphatic rings. The molecule has 0 saturated heterocycles. The summed E-state index contributed by atoms with van der Waals surface area (Å²) in [6, 6.07) is 7.47. The third-order valence-corrected chi connectivity index (χ3v) is 5.44. The van der Waals surface area contributed by atoms with E-state index in [0.29, 0.717) is 22.7 Å². The molecule has 2 N–H and O–H groups in total. The smallest absolute Gasteiger partial charge is 0.334 e. The van der Waals surface area contributed by atoms with Gasteiger partial charge in [-0.25, -0.2) is 4.79 Å². The molecule has 0 saturated carbocycles. The molecule has 12 heteroatoms. The fraction of sp³-hybridized carbons (Fsp3) is 0.182. The number of aromatic nitrogens is 1. The van der Waals surface area contributed by atoms with Crippen molar-refractivity contribution in [3.63, 3.8) is 0 Å². The maximum Gasteiger partial charge on any atom is 0.418 e. The van der Waals surface area contributed by atoms with Gasteiger partial charge in [0.25, 0.3) is 0 Å². The zero-order chi connectivity index (χ0) is 25.1. The lowest BCUT2D eigenvalue weighted by Gasteiger charge is -2.23. The summed E-state index contributed by atoms with van der Waals surface area (Å²) >= 11 is 11.8. The number of carbonyl (C=O) groups is 1. The fourth-order valence-corrected chi connectivity index (χ4v) is 3.40. The Labute approximate surface area is 199 Å². The molecule has 0 aliphatic carbocycles. The van der Waals surface area contributed by atoms with Crippen LogP contribution in [0.15, 0.2) is 60.8 Å². The largest absolute Gasteiger partial charge is 0.418 e. The number of nitrogens with zero attached hydrogens (tertiary/aromatic N) is 1. The van der Waals surface area contributed by atoms with Gasteiger partial charge in [-0.1, -0.05) is 41.4 Å². The third kappa shape index (κ3) is 6.32. The first-order valence-electron chi connectivity index (χ1n) is 9.54. The first-order chi connectivity index (χ1) is 15.9. The number of amides is 2. The van der Waals surface area contributed by atoms with Crippen LogP contribution in [-0.2, 0) is 18.9 Å². The first kappa shape index (κ1) is 25.6. The van der Waals surface area contributed by atoms with Gasteiger partial charge in [-0.05, 0) is 47.5 Å². The minimum atomic E-state index is -4.81. The molecule has 0 spiro atoms. The predicted octanol–water partition coefficient (Wildman–Crippen LogP) is 7.01. The molecule has 1 atom stereocenters. The number of alkyl halides is 6. The minimum Gasteiger partial charge on any atom is -0.334 e. The maximum atomic E-state index is 13.6. The Balaban J connectivity index is 1.91. The Kier molecular flexibility index (Phi) is 7.62. The molecule has 0 aliphatic heterocycles. The number of rotatable bonds is 5. The predicted molar refractivity (Wildman–Crippen MR) is 114 cm³/mol. The van der Waals surface area contributed by atoms with Gasteiger partial charge in [0.1, 0.15) is 0 Å². The quantitative estimate of drug-likeness (QED) is 0.354. The third-order valence-electron chi connectivity index (χ3n) is 4.70. The van der Waals surface area contributed by atoms with Crippen LogP contribution in [0.25, 0.3) is 0 Å². The summed E-state index contributed by atoms with van der Waals surface area (Å²) in [7, 11) is 0. The molecule has 0 unspecified atom stereocenters. The molecule has 3 rings (SSSR count). The Hall–Kier alpha value is -2.98. The summed E-state index contributed by atoms with van der Waals surface area (Å²) in [4.78, 5) is 16.3. The first-order valence-corrected chi connectivity index (χ1v) is 10.3. The van der Waals surface area contributed by atoms with E-state index in [-0.39, 0.29) is 17.1 Å². The van der Waals surface area contributed by atoms with Crippen LogP contribution < -0.4 is 10.6 Å². The van der Waals surface area contributed by atoms with Crippen molar-refractivity contribution in [3.05, 3.63) is 98.8 Å². The standard InChI is InChI=1S/C22H15Cl2F6N3O/c23-16-8-3-12(10-17(16)24)11-32-20(34)33-18(13-4-6-14(7-5-13)21(25,26)27)19-15(22(28,29)30)2-1-9-31-19/h1-10,18H,11H2,(H2,32,33,34)/t18-/m0/s1. The zero-order valence-electron chi connectivity index (χ0n) is 16.9. The number of pyridine rings is 1.